The summed E-state index contributed by atoms with van der Waals surface area (Å²) in [6, 6.07) is 5.40. The maximum absolute atomic E-state index is 13.6. The first-order valence-electron chi connectivity index (χ1n) is 8.10. The highest BCUT2D eigenvalue weighted by atomic mass is 19.1. The molecule has 0 aliphatic heterocycles. The third-order valence-corrected chi connectivity index (χ3v) is 5.00. The number of halogens is 1. The van der Waals surface area contributed by atoms with Crippen LogP contribution in [0.3, 0.4) is 0 Å². The van der Waals surface area contributed by atoms with E-state index in [-0.39, 0.29) is 11.4 Å². The summed E-state index contributed by atoms with van der Waals surface area (Å²) in [4.78, 5) is 4.77. The minimum absolute atomic E-state index is 0.120. The first kappa shape index (κ1) is 13.3. The van der Waals surface area contributed by atoms with E-state index in [9.17, 15) is 4.39 Å². The number of nitrogens with two attached hydrogens (primary N) is 1. The number of rotatable bonds is 3. The van der Waals surface area contributed by atoms with Crippen LogP contribution in [-0.4, -0.2) is 15.1 Å². The Morgan fingerprint density at radius 1 is 1.24 bits per heavy atom. The highest BCUT2D eigenvalue weighted by Gasteiger charge is 2.33. The molecule has 0 atom stereocenters. The molecule has 2 aliphatic rings. The normalized spacial score (nSPS) is 21.8. The maximum atomic E-state index is 13.6. The highest BCUT2D eigenvalue weighted by Crippen LogP contribution is 2.40. The summed E-state index contributed by atoms with van der Waals surface area (Å²) in [6.45, 7) is 0. The fraction of sp³-hybridized carbons (Fsp3) is 0.588. The predicted octanol–water partition coefficient (Wildman–Crippen LogP) is 3.71. The molecule has 4 heteroatoms. The van der Waals surface area contributed by atoms with Gasteiger partial charge in [-0.15, -0.1) is 0 Å². The van der Waals surface area contributed by atoms with Crippen LogP contribution in [0.2, 0.25) is 0 Å². The Morgan fingerprint density at radius 3 is 2.71 bits per heavy atom. The van der Waals surface area contributed by atoms with Crippen molar-refractivity contribution in [1.82, 2.24) is 9.55 Å². The third-order valence-electron chi connectivity index (χ3n) is 5.00. The van der Waals surface area contributed by atoms with E-state index in [1.165, 1.54) is 38.2 Å². The smallest absolute Gasteiger partial charge is 0.125 e. The molecule has 0 amide bonds. The predicted molar refractivity (Wildman–Crippen MR) is 81.7 cm³/mol. The second-order valence-corrected chi connectivity index (χ2v) is 6.86. The van der Waals surface area contributed by atoms with Gasteiger partial charge in [0, 0.05) is 18.0 Å². The summed E-state index contributed by atoms with van der Waals surface area (Å²) in [6.07, 6.45) is 9.05. The molecule has 1 aromatic heterocycles. The van der Waals surface area contributed by atoms with Crippen molar-refractivity contribution in [2.24, 2.45) is 5.73 Å². The third kappa shape index (κ3) is 2.46. The Kier molecular flexibility index (Phi) is 3.03. The zero-order chi connectivity index (χ0) is 14.4. The standard InChI is InChI=1S/C17H22FN3/c18-12-4-7-14-15(10-12)21(13-5-6-13)16(20-14)11-17(19)8-2-1-3-9-17/h4,7,10,13H,1-3,5-6,8-9,11,19H2. The van der Waals surface area contributed by atoms with E-state index in [0.717, 1.165) is 36.1 Å². The molecule has 2 fully saturated rings. The zero-order valence-corrected chi connectivity index (χ0v) is 12.3. The van der Waals surface area contributed by atoms with Gasteiger partial charge < -0.3 is 10.3 Å². The summed E-state index contributed by atoms with van der Waals surface area (Å²) in [5.41, 5.74) is 8.32. The topological polar surface area (TPSA) is 43.8 Å². The van der Waals surface area contributed by atoms with Gasteiger partial charge in [-0.2, -0.15) is 0 Å². The average Bonchev–Trinajstić information content (AvgIpc) is 3.22. The van der Waals surface area contributed by atoms with Crippen LogP contribution >= 0.6 is 0 Å². The van der Waals surface area contributed by atoms with Gasteiger partial charge in [0.15, 0.2) is 0 Å². The minimum Gasteiger partial charge on any atom is -0.325 e. The van der Waals surface area contributed by atoms with E-state index in [4.69, 9.17) is 10.7 Å². The van der Waals surface area contributed by atoms with Crippen molar-refractivity contribution in [1.29, 1.82) is 0 Å². The van der Waals surface area contributed by atoms with Crippen LogP contribution in [-0.2, 0) is 6.42 Å². The molecule has 3 nitrogen and oxygen atoms in total. The second kappa shape index (κ2) is 4.80. The summed E-state index contributed by atoms with van der Waals surface area (Å²) < 4.78 is 15.8. The van der Waals surface area contributed by atoms with Crippen molar-refractivity contribution in [2.45, 2.75) is 62.9 Å². The van der Waals surface area contributed by atoms with Gasteiger partial charge in [0.05, 0.1) is 11.0 Å². The molecule has 2 N–H and O–H groups in total. The average molecular weight is 287 g/mol. The number of imidazole rings is 1. The molecule has 4 rings (SSSR count). The van der Waals surface area contributed by atoms with Gasteiger partial charge >= 0.3 is 0 Å². The quantitative estimate of drug-likeness (QED) is 0.935. The van der Waals surface area contributed by atoms with Crippen molar-refractivity contribution in [2.75, 3.05) is 0 Å². The molecular weight excluding hydrogens is 265 g/mol. The number of benzene rings is 1. The maximum Gasteiger partial charge on any atom is 0.125 e. The first-order chi connectivity index (χ1) is 10.1. The number of aromatic nitrogens is 2. The molecular formula is C17H22FN3. The molecule has 0 saturated heterocycles. The Hall–Kier alpha value is -1.42. The van der Waals surface area contributed by atoms with E-state index in [1.54, 1.807) is 12.1 Å². The van der Waals surface area contributed by atoms with Crippen LogP contribution in [0.5, 0.6) is 0 Å². The van der Waals surface area contributed by atoms with Gasteiger partial charge in [-0.1, -0.05) is 19.3 Å². The fourth-order valence-corrected chi connectivity index (χ4v) is 3.73. The Morgan fingerprint density at radius 2 is 2.00 bits per heavy atom. The molecule has 21 heavy (non-hydrogen) atoms. The summed E-state index contributed by atoms with van der Waals surface area (Å²) >= 11 is 0. The van der Waals surface area contributed by atoms with Crippen molar-refractivity contribution in [3.05, 3.63) is 29.8 Å². The molecule has 0 spiro atoms. The first-order valence-corrected chi connectivity index (χ1v) is 8.10. The van der Waals surface area contributed by atoms with Gasteiger partial charge in [-0.05, 0) is 43.9 Å². The molecule has 2 aliphatic carbocycles. The fourth-order valence-electron chi connectivity index (χ4n) is 3.73. The Labute approximate surface area is 124 Å². The SMILES string of the molecule is NC1(Cc2nc3ccc(F)cc3n2C2CC2)CCCCC1. The van der Waals surface area contributed by atoms with Gasteiger partial charge in [0.1, 0.15) is 11.6 Å². The van der Waals surface area contributed by atoms with Crippen LogP contribution < -0.4 is 5.73 Å². The van der Waals surface area contributed by atoms with E-state index < -0.39 is 0 Å². The van der Waals surface area contributed by atoms with Crippen LogP contribution in [0.15, 0.2) is 18.2 Å². The zero-order valence-electron chi connectivity index (χ0n) is 12.3. The van der Waals surface area contributed by atoms with Gasteiger partial charge in [-0.25, -0.2) is 9.37 Å². The second-order valence-electron chi connectivity index (χ2n) is 6.86. The lowest BCUT2D eigenvalue weighted by molar-refractivity contribution is 0.287. The molecule has 112 valence electrons. The van der Waals surface area contributed by atoms with Crippen molar-refractivity contribution >= 4 is 11.0 Å². The van der Waals surface area contributed by atoms with E-state index >= 15 is 0 Å². The van der Waals surface area contributed by atoms with E-state index in [0.29, 0.717) is 6.04 Å². The molecule has 2 aromatic rings. The number of hydrogen-bond acceptors (Lipinski definition) is 2. The molecule has 0 unspecified atom stereocenters. The van der Waals surface area contributed by atoms with E-state index in [2.05, 4.69) is 4.57 Å². The summed E-state index contributed by atoms with van der Waals surface area (Å²) in [7, 11) is 0. The van der Waals surface area contributed by atoms with Gasteiger partial charge in [-0.3, -0.25) is 0 Å². The monoisotopic (exact) mass is 287 g/mol. The molecule has 0 radical (unpaired) electrons. The van der Waals surface area contributed by atoms with Gasteiger partial charge in [0.25, 0.3) is 0 Å². The van der Waals surface area contributed by atoms with Crippen LogP contribution in [0.25, 0.3) is 11.0 Å². The molecule has 1 heterocycles. The lowest BCUT2D eigenvalue weighted by atomic mass is 9.80. The van der Waals surface area contributed by atoms with Gasteiger partial charge in [0.2, 0.25) is 0 Å². The number of nitrogens with zero attached hydrogens (tertiary/aromatic N) is 2. The molecule has 2 saturated carbocycles. The van der Waals surface area contributed by atoms with Crippen LogP contribution in [0, 0.1) is 5.82 Å². The molecule has 1 aromatic carbocycles. The van der Waals surface area contributed by atoms with Crippen molar-refractivity contribution < 1.29 is 4.39 Å². The number of hydrogen-bond donors (Lipinski definition) is 1. The van der Waals surface area contributed by atoms with Crippen molar-refractivity contribution in [3.8, 4) is 0 Å². The Balaban J connectivity index is 1.75. The summed E-state index contributed by atoms with van der Waals surface area (Å²) in [5.74, 6) is 0.874. The highest BCUT2D eigenvalue weighted by molar-refractivity contribution is 5.76. The minimum atomic E-state index is -0.184. The lowest BCUT2D eigenvalue weighted by Crippen LogP contribution is -2.44. The Bertz CT molecular complexity index is 666. The van der Waals surface area contributed by atoms with Crippen LogP contribution in [0.4, 0.5) is 4.39 Å². The van der Waals surface area contributed by atoms with E-state index in [1.807, 2.05) is 0 Å². The number of fused-ring (bicyclic) bond motifs is 1. The van der Waals surface area contributed by atoms with Crippen LogP contribution in [0.1, 0.15) is 56.8 Å². The van der Waals surface area contributed by atoms with Crippen molar-refractivity contribution in [3.63, 3.8) is 0 Å². The summed E-state index contributed by atoms with van der Waals surface area (Å²) in [5, 5.41) is 0. The lowest BCUT2D eigenvalue weighted by Gasteiger charge is -2.33. The molecule has 0 bridgehead atoms. The largest absolute Gasteiger partial charge is 0.325 e.